The Bertz CT molecular complexity index is 1210. The second-order valence-corrected chi connectivity index (χ2v) is 6.72. The van der Waals surface area contributed by atoms with E-state index >= 15 is 0 Å². The number of amides is 1. The van der Waals surface area contributed by atoms with Crippen molar-refractivity contribution >= 4 is 28.7 Å². The molecule has 1 amide bonds. The van der Waals surface area contributed by atoms with Crippen molar-refractivity contribution in [3.8, 4) is 17.2 Å². The van der Waals surface area contributed by atoms with Crippen molar-refractivity contribution in [3.63, 3.8) is 0 Å². The van der Waals surface area contributed by atoms with Gasteiger partial charge in [-0.3, -0.25) is 4.79 Å². The summed E-state index contributed by atoms with van der Waals surface area (Å²) in [4.78, 5) is 13.8. The molecule has 0 radical (unpaired) electrons. The minimum atomic E-state index is -0.228. The number of hydrogen-bond acceptors (Lipinski definition) is 5. The van der Waals surface area contributed by atoms with Gasteiger partial charge in [-0.2, -0.15) is 4.80 Å². The molecule has 7 nitrogen and oxygen atoms in total. The third-order valence-corrected chi connectivity index (χ3v) is 4.57. The van der Waals surface area contributed by atoms with Crippen LogP contribution in [0.4, 0.5) is 5.69 Å². The normalized spacial score (nSPS) is 11.0. The molecule has 0 spiro atoms. The van der Waals surface area contributed by atoms with E-state index in [4.69, 9.17) is 9.47 Å². The van der Waals surface area contributed by atoms with Gasteiger partial charge in [-0.05, 0) is 73.2 Å². The van der Waals surface area contributed by atoms with Crippen LogP contribution in [0.2, 0.25) is 0 Å². The summed E-state index contributed by atoms with van der Waals surface area (Å²) in [6.45, 7) is 2.56. The van der Waals surface area contributed by atoms with Crippen molar-refractivity contribution in [1.29, 1.82) is 0 Å². The zero-order valence-corrected chi connectivity index (χ0v) is 17.3. The number of ether oxygens (including phenoxy) is 2. The van der Waals surface area contributed by atoms with E-state index < -0.39 is 0 Å². The molecule has 1 aromatic heterocycles. The summed E-state index contributed by atoms with van der Waals surface area (Å²) < 4.78 is 10.6. The van der Waals surface area contributed by atoms with E-state index in [1.165, 1.54) is 6.08 Å². The van der Waals surface area contributed by atoms with Gasteiger partial charge >= 0.3 is 0 Å². The molecule has 3 aromatic carbocycles. The van der Waals surface area contributed by atoms with Gasteiger partial charge in [-0.1, -0.05) is 12.1 Å². The van der Waals surface area contributed by atoms with Crippen LogP contribution in [0.3, 0.4) is 0 Å². The first-order chi connectivity index (χ1) is 15.1. The van der Waals surface area contributed by atoms with E-state index in [0.29, 0.717) is 17.8 Å². The maximum atomic E-state index is 12.3. The molecule has 1 heterocycles. The van der Waals surface area contributed by atoms with Gasteiger partial charge in [0.25, 0.3) is 0 Å². The number of carbonyl (C=O) groups excluding carboxylic acids is 1. The summed E-state index contributed by atoms with van der Waals surface area (Å²) in [7, 11) is 1.62. The van der Waals surface area contributed by atoms with E-state index in [1.54, 1.807) is 30.1 Å². The molecule has 0 bridgehead atoms. The molecule has 1 N–H and O–H groups in total. The van der Waals surface area contributed by atoms with Crippen LogP contribution in [-0.4, -0.2) is 34.6 Å². The Balaban J connectivity index is 1.46. The Morgan fingerprint density at radius 3 is 2.39 bits per heavy atom. The summed E-state index contributed by atoms with van der Waals surface area (Å²) in [6.07, 6.45) is 3.23. The lowest BCUT2D eigenvalue weighted by molar-refractivity contribution is -0.111. The van der Waals surface area contributed by atoms with Gasteiger partial charge in [0.05, 0.1) is 19.4 Å². The van der Waals surface area contributed by atoms with Crippen LogP contribution in [0.25, 0.3) is 22.8 Å². The highest BCUT2D eigenvalue weighted by Gasteiger charge is 2.07. The SMILES string of the molecule is CCOc1ccc(-n2nc3ccc(NC(=O)/C=C/c4ccc(OC)cc4)cc3n2)cc1. The number of nitrogens with zero attached hydrogens (tertiary/aromatic N) is 3. The minimum Gasteiger partial charge on any atom is -0.497 e. The fraction of sp³-hybridized carbons (Fsp3) is 0.125. The number of methoxy groups -OCH3 is 1. The fourth-order valence-electron chi connectivity index (χ4n) is 3.02. The monoisotopic (exact) mass is 414 g/mol. The number of benzene rings is 3. The van der Waals surface area contributed by atoms with Gasteiger partial charge in [0.2, 0.25) is 5.91 Å². The van der Waals surface area contributed by atoms with Gasteiger partial charge in [0, 0.05) is 11.8 Å². The van der Waals surface area contributed by atoms with Crippen molar-refractivity contribution in [2.24, 2.45) is 0 Å². The van der Waals surface area contributed by atoms with Gasteiger partial charge in [-0.25, -0.2) is 0 Å². The van der Waals surface area contributed by atoms with Crippen molar-refractivity contribution in [2.45, 2.75) is 6.92 Å². The van der Waals surface area contributed by atoms with Crippen LogP contribution in [0, 0.1) is 0 Å². The maximum Gasteiger partial charge on any atom is 0.248 e. The highest BCUT2D eigenvalue weighted by atomic mass is 16.5. The highest BCUT2D eigenvalue weighted by molar-refractivity contribution is 6.02. The van der Waals surface area contributed by atoms with Gasteiger partial charge in [0.1, 0.15) is 22.5 Å². The number of anilines is 1. The number of aromatic nitrogens is 3. The Kier molecular flexibility index (Phi) is 5.93. The molecule has 4 aromatic rings. The average molecular weight is 414 g/mol. The first-order valence-corrected chi connectivity index (χ1v) is 9.88. The van der Waals surface area contributed by atoms with E-state index in [0.717, 1.165) is 28.3 Å². The zero-order valence-electron chi connectivity index (χ0n) is 17.3. The molecule has 31 heavy (non-hydrogen) atoms. The van der Waals surface area contributed by atoms with Crippen LogP contribution < -0.4 is 14.8 Å². The Hall–Kier alpha value is -4.13. The molecule has 0 aliphatic carbocycles. The van der Waals surface area contributed by atoms with E-state index in [-0.39, 0.29) is 5.91 Å². The number of rotatable bonds is 7. The predicted octanol–water partition coefficient (Wildman–Crippen LogP) is 4.48. The molecular weight excluding hydrogens is 392 g/mol. The predicted molar refractivity (Wildman–Crippen MR) is 121 cm³/mol. The van der Waals surface area contributed by atoms with Crippen LogP contribution in [0.1, 0.15) is 12.5 Å². The molecule has 0 fully saturated rings. The molecule has 156 valence electrons. The third kappa shape index (κ3) is 4.90. The summed E-state index contributed by atoms with van der Waals surface area (Å²) >= 11 is 0. The van der Waals surface area contributed by atoms with Crippen LogP contribution in [0.5, 0.6) is 11.5 Å². The second kappa shape index (κ2) is 9.13. The van der Waals surface area contributed by atoms with Crippen molar-refractivity contribution in [1.82, 2.24) is 15.0 Å². The van der Waals surface area contributed by atoms with Crippen LogP contribution in [-0.2, 0) is 4.79 Å². The number of hydrogen-bond donors (Lipinski definition) is 1. The van der Waals surface area contributed by atoms with Crippen molar-refractivity contribution < 1.29 is 14.3 Å². The molecule has 7 heteroatoms. The number of nitrogens with one attached hydrogen (secondary N) is 1. The fourth-order valence-corrected chi connectivity index (χ4v) is 3.02. The minimum absolute atomic E-state index is 0.228. The van der Waals surface area contributed by atoms with Crippen LogP contribution in [0.15, 0.2) is 72.8 Å². The zero-order chi connectivity index (χ0) is 21.6. The molecule has 0 unspecified atom stereocenters. The topological polar surface area (TPSA) is 78.3 Å². The molecule has 4 rings (SSSR count). The van der Waals surface area contributed by atoms with Gasteiger partial charge < -0.3 is 14.8 Å². The number of carbonyl (C=O) groups is 1. The van der Waals surface area contributed by atoms with E-state index in [9.17, 15) is 4.79 Å². The lowest BCUT2D eigenvalue weighted by atomic mass is 10.2. The lowest BCUT2D eigenvalue weighted by Crippen LogP contribution is -2.07. The van der Waals surface area contributed by atoms with E-state index in [2.05, 4.69) is 15.5 Å². The van der Waals surface area contributed by atoms with Gasteiger partial charge in [-0.15, -0.1) is 10.2 Å². The first-order valence-electron chi connectivity index (χ1n) is 9.88. The Morgan fingerprint density at radius 1 is 0.968 bits per heavy atom. The maximum absolute atomic E-state index is 12.3. The largest absolute Gasteiger partial charge is 0.497 e. The van der Waals surface area contributed by atoms with Crippen LogP contribution >= 0.6 is 0 Å². The molecular formula is C24H22N4O3. The summed E-state index contributed by atoms with van der Waals surface area (Å²) in [6, 6.07) is 20.5. The highest BCUT2D eigenvalue weighted by Crippen LogP contribution is 2.19. The van der Waals surface area contributed by atoms with Crippen molar-refractivity contribution in [2.75, 3.05) is 19.0 Å². The molecule has 0 saturated heterocycles. The molecule has 0 saturated carbocycles. The average Bonchev–Trinajstić information content (AvgIpc) is 3.22. The first kappa shape index (κ1) is 20.2. The Labute approximate surface area is 179 Å². The lowest BCUT2D eigenvalue weighted by Gasteiger charge is -2.03. The van der Waals surface area contributed by atoms with Gasteiger partial charge in [0.15, 0.2) is 0 Å². The quantitative estimate of drug-likeness (QED) is 0.451. The standard InChI is InChI=1S/C24H22N4O3/c1-3-31-21-12-8-19(9-13-21)28-26-22-14-7-18(16-23(22)27-28)25-24(29)15-6-17-4-10-20(30-2)11-5-17/h4-16H,3H2,1-2H3,(H,25,29)/b15-6+. The second-order valence-electron chi connectivity index (χ2n) is 6.72. The summed E-state index contributed by atoms with van der Waals surface area (Å²) in [5.41, 5.74) is 3.81. The van der Waals surface area contributed by atoms with E-state index in [1.807, 2.05) is 61.5 Å². The summed E-state index contributed by atoms with van der Waals surface area (Å²) in [5.74, 6) is 1.35. The summed E-state index contributed by atoms with van der Waals surface area (Å²) in [5, 5.41) is 11.9. The Morgan fingerprint density at radius 2 is 1.68 bits per heavy atom. The third-order valence-electron chi connectivity index (χ3n) is 4.57. The molecule has 0 aliphatic heterocycles. The number of fused-ring (bicyclic) bond motifs is 1. The molecule has 0 aliphatic rings. The smallest absolute Gasteiger partial charge is 0.248 e. The molecule has 0 atom stereocenters. The van der Waals surface area contributed by atoms with Crippen molar-refractivity contribution in [3.05, 3.63) is 78.4 Å².